The first-order valence-electron chi connectivity index (χ1n) is 5.82. The Morgan fingerprint density at radius 1 is 1.06 bits per heavy atom. The normalized spacial score (nSPS) is 11.9. The minimum Gasteiger partial charge on any atom is -0.372 e. The van der Waals surface area contributed by atoms with Gasteiger partial charge in [-0.1, -0.05) is 70.2 Å². The van der Waals surface area contributed by atoms with E-state index in [1.165, 1.54) is 5.56 Å². The van der Waals surface area contributed by atoms with Crippen LogP contribution in [0.15, 0.2) is 30.3 Å². The summed E-state index contributed by atoms with van der Waals surface area (Å²) >= 11 is 5.00. The van der Waals surface area contributed by atoms with Gasteiger partial charge in [-0.05, 0) is 17.4 Å². The molecule has 0 amide bonds. The van der Waals surface area contributed by atoms with Crippen molar-refractivity contribution in [2.24, 2.45) is 11.8 Å². The Morgan fingerprint density at radius 2 is 1.56 bits per heavy atom. The molecule has 88 valence electrons. The largest absolute Gasteiger partial charge is 0.372 e. The molecule has 0 radical (unpaired) electrons. The molecular formula is C14H21NS. The van der Waals surface area contributed by atoms with Crippen molar-refractivity contribution in [2.75, 3.05) is 0 Å². The molecule has 1 aromatic rings. The fraction of sp³-hybridized carbons (Fsp3) is 0.500. The highest BCUT2D eigenvalue weighted by molar-refractivity contribution is 7.78. The fourth-order valence-corrected chi connectivity index (χ4v) is 2.76. The summed E-state index contributed by atoms with van der Waals surface area (Å²) in [5, 5.41) is 3.40. The number of hydrogen-bond acceptors (Lipinski definition) is 1. The van der Waals surface area contributed by atoms with Crippen LogP contribution in [-0.2, 0) is 5.54 Å². The molecule has 0 atom stereocenters. The maximum atomic E-state index is 5.00. The summed E-state index contributed by atoms with van der Waals surface area (Å²) in [6.07, 6.45) is 0. The van der Waals surface area contributed by atoms with E-state index in [1.54, 1.807) is 5.49 Å². The molecule has 1 rings (SSSR count). The van der Waals surface area contributed by atoms with E-state index >= 15 is 0 Å². The van der Waals surface area contributed by atoms with Gasteiger partial charge in [-0.25, -0.2) is 0 Å². The van der Waals surface area contributed by atoms with Crippen LogP contribution in [0.25, 0.3) is 0 Å². The minimum absolute atomic E-state index is 0.0665. The SMILES string of the molecule is CC(C)C(NC=S)(c1ccccc1)C(C)C. The zero-order chi connectivity index (χ0) is 12.2. The highest BCUT2D eigenvalue weighted by Gasteiger charge is 2.37. The molecule has 0 saturated heterocycles. The van der Waals surface area contributed by atoms with Gasteiger partial charge < -0.3 is 5.32 Å². The van der Waals surface area contributed by atoms with Crippen LogP contribution in [0, 0.1) is 11.8 Å². The van der Waals surface area contributed by atoms with Gasteiger partial charge in [0.05, 0.1) is 11.0 Å². The Balaban J connectivity index is 3.27. The Kier molecular flexibility index (Phi) is 4.48. The summed E-state index contributed by atoms with van der Waals surface area (Å²) < 4.78 is 0. The van der Waals surface area contributed by atoms with E-state index in [0.29, 0.717) is 11.8 Å². The van der Waals surface area contributed by atoms with Gasteiger partial charge in [0, 0.05) is 0 Å². The van der Waals surface area contributed by atoms with Gasteiger partial charge in [-0.2, -0.15) is 0 Å². The third-order valence-corrected chi connectivity index (χ3v) is 3.49. The number of rotatable bonds is 5. The van der Waals surface area contributed by atoms with Gasteiger partial charge in [-0.15, -0.1) is 0 Å². The lowest BCUT2D eigenvalue weighted by molar-refractivity contribution is 0.199. The van der Waals surface area contributed by atoms with Crippen molar-refractivity contribution in [3.8, 4) is 0 Å². The Labute approximate surface area is 104 Å². The van der Waals surface area contributed by atoms with Gasteiger partial charge in [0.15, 0.2) is 0 Å². The summed E-state index contributed by atoms with van der Waals surface area (Å²) in [5.41, 5.74) is 2.89. The van der Waals surface area contributed by atoms with E-state index < -0.39 is 0 Å². The van der Waals surface area contributed by atoms with Crippen molar-refractivity contribution >= 4 is 17.7 Å². The van der Waals surface area contributed by atoms with Crippen LogP contribution in [0.1, 0.15) is 33.3 Å². The molecule has 0 unspecified atom stereocenters. The standard InChI is InChI=1S/C14H21NS/c1-11(2)14(12(3)4,15-10-16)13-8-6-5-7-9-13/h5-12H,1-4H3,(H,15,16). The quantitative estimate of drug-likeness (QED) is 0.780. The van der Waals surface area contributed by atoms with Crippen LogP contribution in [0.2, 0.25) is 0 Å². The molecule has 1 nitrogen and oxygen atoms in total. The van der Waals surface area contributed by atoms with Crippen molar-refractivity contribution in [1.29, 1.82) is 0 Å². The molecule has 1 aromatic carbocycles. The monoisotopic (exact) mass is 235 g/mol. The van der Waals surface area contributed by atoms with Gasteiger partial charge in [0.1, 0.15) is 0 Å². The van der Waals surface area contributed by atoms with Crippen LogP contribution in [0.5, 0.6) is 0 Å². The first-order chi connectivity index (χ1) is 7.55. The molecule has 2 heteroatoms. The van der Waals surface area contributed by atoms with E-state index in [9.17, 15) is 0 Å². The molecule has 0 aliphatic carbocycles. The van der Waals surface area contributed by atoms with E-state index in [1.807, 2.05) is 6.07 Å². The van der Waals surface area contributed by atoms with Crippen LogP contribution in [-0.4, -0.2) is 5.49 Å². The summed E-state index contributed by atoms with van der Waals surface area (Å²) in [6, 6.07) is 10.6. The van der Waals surface area contributed by atoms with Crippen LogP contribution < -0.4 is 5.32 Å². The average Bonchev–Trinajstić information content (AvgIpc) is 2.26. The second-order valence-electron chi connectivity index (χ2n) is 4.81. The van der Waals surface area contributed by atoms with Crippen LogP contribution in [0.3, 0.4) is 0 Å². The van der Waals surface area contributed by atoms with Gasteiger partial charge >= 0.3 is 0 Å². The van der Waals surface area contributed by atoms with Gasteiger partial charge in [-0.3, -0.25) is 0 Å². The maximum absolute atomic E-state index is 5.00. The van der Waals surface area contributed by atoms with Gasteiger partial charge in [0.25, 0.3) is 0 Å². The molecule has 0 aliphatic rings. The number of benzene rings is 1. The summed E-state index contributed by atoms with van der Waals surface area (Å²) in [7, 11) is 0. The number of hydrogen-bond donors (Lipinski definition) is 1. The van der Waals surface area contributed by atoms with E-state index in [4.69, 9.17) is 12.2 Å². The number of nitrogens with one attached hydrogen (secondary N) is 1. The van der Waals surface area contributed by atoms with Crippen molar-refractivity contribution in [3.05, 3.63) is 35.9 Å². The molecule has 0 spiro atoms. The van der Waals surface area contributed by atoms with Crippen LogP contribution in [0.4, 0.5) is 0 Å². The summed E-state index contributed by atoms with van der Waals surface area (Å²) in [4.78, 5) is 0. The lowest BCUT2D eigenvalue weighted by atomic mass is 9.72. The second-order valence-corrected chi connectivity index (χ2v) is 5.04. The summed E-state index contributed by atoms with van der Waals surface area (Å²) in [5.74, 6) is 0.961. The maximum Gasteiger partial charge on any atom is 0.0672 e. The molecule has 0 bridgehead atoms. The average molecular weight is 235 g/mol. The Bertz CT molecular complexity index is 322. The predicted molar refractivity (Wildman–Crippen MR) is 74.6 cm³/mol. The van der Waals surface area contributed by atoms with Crippen LogP contribution >= 0.6 is 12.2 Å². The van der Waals surface area contributed by atoms with Crippen molar-refractivity contribution in [2.45, 2.75) is 33.2 Å². The molecule has 1 N–H and O–H groups in total. The highest BCUT2D eigenvalue weighted by Crippen LogP contribution is 2.36. The van der Waals surface area contributed by atoms with Crippen molar-refractivity contribution in [3.63, 3.8) is 0 Å². The smallest absolute Gasteiger partial charge is 0.0672 e. The first kappa shape index (κ1) is 13.2. The molecule has 0 fully saturated rings. The Morgan fingerprint density at radius 3 is 1.94 bits per heavy atom. The summed E-state index contributed by atoms with van der Waals surface area (Å²) in [6.45, 7) is 8.94. The third kappa shape index (κ3) is 2.27. The topological polar surface area (TPSA) is 12.0 Å². The lowest BCUT2D eigenvalue weighted by Crippen LogP contribution is -2.50. The lowest BCUT2D eigenvalue weighted by Gasteiger charge is -2.42. The van der Waals surface area contributed by atoms with Crippen molar-refractivity contribution in [1.82, 2.24) is 5.32 Å². The van der Waals surface area contributed by atoms with E-state index in [2.05, 4.69) is 57.3 Å². The second kappa shape index (κ2) is 5.44. The molecule has 16 heavy (non-hydrogen) atoms. The van der Waals surface area contributed by atoms with E-state index in [-0.39, 0.29) is 5.54 Å². The Hall–Kier alpha value is -0.890. The third-order valence-electron chi connectivity index (χ3n) is 3.37. The van der Waals surface area contributed by atoms with Gasteiger partial charge in [0.2, 0.25) is 0 Å². The van der Waals surface area contributed by atoms with E-state index in [0.717, 1.165) is 0 Å². The molecule has 0 saturated carbocycles. The van der Waals surface area contributed by atoms with Crippen molar-refractivity contribution < 1.29 is 0 Å². The fourth-order valence-electron chi connectivity index (χ4n) is 2.56. The first-order valence-corrected chi connectivity index (χ1v) is 6.29. The molecule has 0 heterocycles. The zero-order valence-corrected chi connectivity index (χ0v) is 11.3. The predicted octanol–water partition coefficient (Wildman–Crippen LogP) is 3.74. The molecular weight excluding hydrogens is 214 g/mol. The highest BCUT2D eigenvalue weighted by atomic mass is 32.1. The number of thiocarbonyl (C=S) groups is 1. The minimum atomic E-state index is -0.0665. The molecule has 0 aromatic heterocycles. The zero-order valence-electron chi connectivity index (χ0n) is 10.5. The molecule has 0 aliphatic heterocycles.